The van der Waals surface area contributed by atoms with Crippen molar-refractivity contribution in [3.63, 3.8) is 0 Å². The first-order valence-electron chi connectivity index (χ1n) is 6.94. The highest BCUT2D eigenvalue weighted by Gasteiger charge is 2.17. The van der Waals surface area contributed by atoms with E-state index >= 15 is 0 Å². The van der Waals surface area contributed by atoms with Crippen molar-refractivity contribution >= 4 is 23.2 Å². The lowest BCUT2D eigenvalue weighted by molar-refractivity contribution is -0.114. The third kappa shape index (κ3) is 3.15. The van der Waals surface area contributed by atoms with Gasteiger partial charge in [-0.05, 0) is 24.3 Å². The Morgan fingerprint density at radius 1 is 1.18 bits per heavy atom. The summed E-state index contributed by atoms with van der Waals surface area (Å²) in [6.07, 6.45) is 1.73. The molecule has 0 fully saturated rings. The van der Waals surface area contributed by atoms with Crippen LogP contribution >= 0.6 is 0 Å². The Hall–Kier alpha value is -2.67. The number of carbonyl (C=O) groups excluding carboxylic acids is 2. The summed E-state index contributed by atoms with van der Waals surface area (Å²) in [5, 5.41) is 5.45. The topological polar surface area (TPSA) is 85.3 Å². The number of nitrogens with one attached hydrogen (secondary N) is 2. The van der Waals surface area contributed by atoms with E-state index in [2.05, 4.69) is 15.6 Å². The van der Waals surface area contributed by atoms with Crippen LogP contribution in [0.15, 0.2) is 30.5 Å². The van der Waals surface area contributed by atoms with E-state index < -0.39 is 0 Å². The molecule has 2 amide bonds. The van der Waals surface area contributed by atoms with E-state index in [0.29, 0.717) is 36.8 Å². The molecule has 1 aliphatic heterocycles. The summed E-state index contributed by atoms with van der Waals surface area (Å²) in [6.45, 7) is 3.22. The van der Waals surface area contributed by atoms with Gasteiger partial charge < -0.3 is 19.9 Å². The molecule has 0 unspecified atom stereocenters. The molecule has 1 aliphatic rings. The second-order valence-corrected chi connectivity index (χ2v) is 5.00. The number of imidazole rings is 1. The minimum atomic E-state index is -0.269. The third-order valence-corrected chi connectivity index (χ3v) is 3.26. The minimum Gasteiger partial charge on any atom is -0.372 e. The van der Waals surface area contributed by atoms with Crippen molar-refractivity contribution in [3.05, 3.63) is 42.0 Å². The van der Waals surface area contributed by atoms with Crippen LogP contribution in [0, 0.1) is 0 Å². The highest BCUT2D eigenvalue weighted by atomic mass is 16.5. The van der Waals surface area contributed by atoms with Crippen molar-refractivity contribution in [1.29, 1.82) is 0 Å². The van der Waals surface area contributed by atoms with E-state index in [1.807, 2.05) is 4.57 Å². The van der Waals surface area contributed by atoms with E-state index in [4.69, 9.17) is 4.74 Å². The van der Waals surface area contributed by atoms with Gasteiger partial charge in [-0.3, -0.25) is 9.59 Å². The van der Waals surface area contributed by atoms with Gasteiger partial charge in [0.05, 0.1) is 6.61 Å². The van der Waals surface area contributed by atoms with Gasteiger partial charge in [0.25, 0.3) is 5.91 Å². The molecule has 2 aromatic rings. The van der Waals surface area contributed by atoms with Gasteiger partial charge in [0, 0.05) is 31.0 Å². The van der Waals surface area contributed by atoms with E-state index in [1.54, 1.807) is 30.5 Å². The molecule has 0 aliphatic carbocycles. The molecule has 3 rings (SSSR count). The molecule has 2 N–H and O–H groups in total. The maximum atomic E-state index is 12.2. The summed E-state index contributed by atoms with van der Waals surface area (Å²) in [6, 6.07) is 6.90. The Bertz CT molecular complexity index is 683. The van der Waals surface area contributed by atoms with E-state index in [1.165, 1.54) is 6.92 Å². The van der Waals surface area contributed by atoms with Gasteiger partial charge in [0.15, 0.2) is 0 Å². The van der Waals surface area contributed by atoms with Crippen molar-refractivity contribution in [2.75, 3.05) is 17.2 Å². The molecule has 0 bridgehead atoms. The predicted molar refractivity (Wildman–Crippen MR) is 80.6 cm³/mol. The van der Waals surface area contributed by atoms with Crippen molar-refractivity contribution < 1.29 is 14.3 Å². The van der Waals surface area contributed by atoms with Crippen LogP contribution in [0.3, 0.4) is 0 Å². The quantitative estimate of drug-likeness (QED) is 0.902. The summed E-state index contributed by atoms with van der Waals surface area (Å²) in [5.74, 6) is 0.356. The number of carbonyl (C=O) groups is 2. The minimum absolute atomic E-state index is 0.136. The molecule has 0 atom stereocenters. The smallest absolute Gasteiger partial charge is 0.275 e. The largest absolute Gasteiger partial charge is 0.372 e. The van der Waals surface area contributed by atoms with Crippen molar-refractivity contribution in [3.8, 4) is 0 Å². The summed E-state index contributed by atoms with van der Waals surface area (Å²) in [5.41, 5.74) is 1.69. The van der Waals surface area contributed by atoms with Gasteiger partial charge in [-0.2, -0.15) is 0 Å². The van der Waals surface area contributed by atoms with Gasteiger partial charge >= 0.3 is 0 Å². The Morgan fingerprint density at radius 2 is 1.86 bits per heavy atom. The second kappa shape index (κ2) is 5.98. The number of hydrogen-bond acceptors (Lipinski definition) is 4. The molecular weight excluding hydrogens is 284 g/mol. The fourth-order valence-corrected chi connectivity index (χ4v) is 2.23. The number of aromatic nitrogens is 2. The Labute approximate surface area is 127 Å². The highest BCUT2D eigenvalue weighted by Crippen LogP contribution is 2.15. The first-order valence-corrected chi connectivity index (χ1v) is 6.94. The van der Waals surface area contributed by atoms with E-state index in [9.17, 15) is 9.59 Å². The average Bonchev–Trinajstić information content (AvgIpc) is 2.93. The number of benzene rings is 1. The first-order chi connectivity index (χ1) is 10.6. The molecule has 7 nitrogen and oxygen atoms in total. The van der Waals surface area contributed by atoms with Crippen LogP contribution in [0.2, 0.25) is 0 Å². The normalized spacial score (nSPS) is 13.3. The summed E-state index contributed by atoms with van der Waals surface area (Å²) < 4.78 is 7.23. The summed E-state index contributed by atoms with van der Waals surface area (Å²) in [7, 11) is 0. The number of hydrogen-bond donors (Lipinski definition) is 2. The van der Waals surface area contributed by atoms with Crippen LogP contribution in [-0.2, 0) is 22.7 Å². The monoisotopic (exact) mass is 300 g/mol. The summed E-state index contributed by atoms with van der Waals surface area (Å²) in [4.78, 5) is 27.4. The Balaban J connectivity index is 1.68. The zero-order valence-corrected chi connectivity index (χ0v) is 12.1. The van der Waals surface area contributed by atoms with Crippen molar-refractivity contribution in [2.45, 2.75) is 20.1 Å². The first kappa shape index (κ1) is 14.3. The standard InChI is InChI=1S/C15H16N4O3/c1-10(20)16-11-2-4-12(5-3-11)17-15(21)13-8-19-6-7-22-9-14(19)18-13/h2-5,8H,6-7,9H2,1H3,(H,16,20)(H,17,21). The molecule has 0 spiro atoms. The number of rotatable bonds is 3. The van der Waals surface area contributed by atoms with Gasteiger partial charge in [-0.25, -0.2) is 4.98 Å². The van der Waals surface area contributed by atoms with E-state index in [0.717, 1.165) is 5.82 Å². The number of amides is 2. The van der Waals surface area contributed by atoms with Crippen LogP contribution in [0.25, 0.3) is 0 Å². The lowest BCUT2D eigenvalue weighted by Gasteiger charge is -2.13. The third-order valence-electron chi connectivity index (χ3n) is 3.26. The number of nitrogens with zero attached hydrogens (tertiary/aromatic N) is 2. The molecule has 114 valence electrons. The van der Waals surface area contributed by atoms with Crippen LogP contribution in [-0.4, -0.2) is 28.0 Å². The van der Waals surface area contributed by atoms with E-state index in [-0.39, 0.29) is 11.8 Å². The molecule has 22 heavy (non-hydrogen) atoms. The Kier molecular flexibility index (Phi) is 3.88. The zero-order chi connectivity index (χ0) is 15.5. The van der Waals surface area contributed by atoms with Gasteiger partial charge in [0.1, 0.15) is 18.1 Å². The maximum absolute atomic E-state index is 12.2. The van der Waals surface area contributed by atoms with Crippen molar-refractivity contribution in [2.24, 2.45) is 0 Å². The zero-order valence-electron chi connectivity index (χ0n) is 12.1. The number of fused-ring (bicyclic) bond motifs is 1. The molecular formula is C15H16N4O3. The number of ether oxygens (including phenoxy) is 1. The summed E-state index contributed by atoms with van der Waals surface area (Å²) >= 11 is 0. The van der Waals surface area contributed by atoms with Gasteiger partial charge in [0.2, 0.25) is 5.91 Å². The second-order valence-electron chi connectivity index (χ2n) is 5.00. The predicted octanol–water partition coefficient (Wildman–Crippen LogP) is 1.62. The lowest BCUT2D eigenvalue weighted by Crippen LogP contribution is -2.15. The fourth-order valence-electron chi connectivity index (χ4n) is 2.23. The van der Waals surface area contributed by atoms with Crippen LogP contribution < -0.4 is 10.6 Å². The van der Waals surface area contributed by atoms with Crippen LogP contribution in [0.5, 0.6) is 0 Å². The van der Waals surface area contributed by atoms with Gasteiger partial charge in [-0.1, -0.05) is 0 Å². The van der Waals surface area contributed by atoms with Gasteiger partial charge in [-0.15, -0.1) is 0 Å². The molecule has 7 heteroatoms. The highest BCUT2D eigenvalue weighted by molar-refractivity contribution is 6.03. The Morgan fingerprint density at radius 3 is 2.50 bits per heavy atom. The molecule has 1 aromatic carbocycles. The SMILES string of the molecule is CC(=O)Nc1ccc(NC(=O)c2cn3c(n2)COCC3)cc1. The fraction of sp³-hybridized carbons (Fsp3) is 0.267. The molecule has 1 aromatic heterocycles. The maximum Gasteiger partial charge on any atom is 0.275 e. The van der Waals surface area contributed by atoms with Crippen LogP contribution in [0.1, 0.15) is 23.2 Å². The molecule has 2 heterocycles. The number of anilines is 2. The van der Waals surface area contributed by atoms with Crippen LogP contribution in [0.4, 0.5) is 11.4 Å². The average molecular weight is 300 g/mol. The lowest BCUT2D eigenvalue weighted by atomic mass is 10.2. The molecule has 0 saturated carbocycles. The molecule has 0 radical (unpaired) electrons. The van der Waals surface area contributed by atoms with Crippen molar-refractivity contribution in [1.82, 2.24) is 9.55 Å². The molecule has 0 saturated heterocycles.